The van der Waals surface area contributed by atoms with E-state index in [4.69, 9.17) is 4.74 Å². The summed E-state index contributed by atoms with van der Waals surface area (Å²) in [6.45, 7) is 5.40. The van der Waals surface area contributed by atoms with Crippen LogP contribution in [0.25, 0.3) is 0 Å². The number of rotatable bonds is 7. The Bertz CT molecular complexity index is 693. The SMILES string of the molecule is COCC(C)(C)NCc1ccn(Cc2ccccc2)c(=O)c1O. The summed E-state index contributed by atoms with van der Waals surface area (Å²) in [4.78, 5) is 12.3. The van der Waals surface area contributed by atoms with Crippen molar-refractivity contribution >= 4 is 0 Å². The molecule has 0 bridgehead atoms. The second kappa shape index (κ2) is 7.44. The zero-order chi connectivity index (χ0) is 16.9. The predicted molar refractivity (Wildman–Crippen MR) is 90.7 cm³/mol. The van der Waals surface area contributed by atoms with Gasteiger partial charge in [0, 0.05) is 31.0 Å². The van der Waals surface area contributed by atoms with E-state index in [-0.39, 0.29) is 16.8 Å². The molecule has 0 fully saturated rings. The van der Waals surface area contributed by atoms with Crippen LogP contribution in [0.4, 0.5) is 0 Å². The molecule has 0 aliphatic carbocycles. The Morgan fingerprint density at radius 1 is 1.22 bits per heavy atom. The molecule has 1 aromatic carbocycles. The topological polar surface area (TPSA) is 63.5 Å². The zero-order valence-electron chi connectivity index (χ0n) is 13.9. The average Bonchev–Trinajstić information content (AvgIpc) is 2.52. The largest absolute Gasteiger partial charge is 0.503 e. The first-order valence-electron chi connectivity index (χ1n) is 7.62. The molecule has 0 radical (unpaired) electrons. The standard InChI is InChI=1S/C18H24N2O3/c1-18(2,13-23-3)19-11-15-9-10-20(17(22)16(15)21)12-14-7-5-4-6-8-14/h4-10,19,21H,11-13H2,1-3H3. The highest BCUT2D eigenvalue weighted by Crippen LogP contribution is 2.13. The average molecular weight is 316 g/mol. The number of nitrogens with one attached hydrogen (secondary N) is 1. The number of hydrogen-bond donors (Lipinski definition) is 2. The van der Waals surface area contributed by atoms with Crippen LogP contribution in [-0.4, -0.2) is 28.9 Å². The Kier molecular flexibility index (Phi) is 5.58. The van der Waals surface area contributed by atoms with Crippen molar-refractivity contribution in [3.05, 3.63) is 64.1 Å². The molecule has 0 amide bonds. The number of aromatic hydroxyl groups is 1. The van der Waals surface area contributed by atoms with Crippen molar-refractivity contribution in [2.75, 3.05) is 13.7 Å². The van der Waals surface area contributed by atoms with E-state index in [1.54, 1.807) is 19.4 Å². The van der Waals surface area contributed by atoms with Gasteiger partial charge in [0.2, 0.25) is 0 Å². The normalized spacial score (nSPS) is 11.6. The number of methoxy groups -OCH3 is 1. The number of nitrogens with zero attached hydrogens (tertiary/aromatic N) is 1. The summed E-state index contributed by atoms with van der Waals surface area (Å²) in [6.07, 6.45) is 1.72. The van der Waals surface area contributed by atoms with Crippen LogP contribution in [0.5, 0.6) is 5.75 Å². The number of hydrogen-bond acceptors (Lipinski definition) is 4. The molecule has 23 heavy (non-hydrogen) atoms. The minimum Gasteiger partial charge on any atom is -0.503 e. The van der Waals surface area contributed by atoms with Gasteiger partial charge in [0.25, 0.3) is 5.56 Å². The van der Waals surface area contributed by atoms with Gasteiger partial charge in [0.05, 0.1) is 13.2 Å². The molecule has 0 spiro atoms. The molecule has 1 heterocycles. The fraction of sp³-hybridized carbons (Fsp3) is 0.389. The summed E-state index contributed by atoms with van der Waals surface area (Å²) in [5.41, 5.74) is 0.988. The van der Waals surface area contributed by atoms with Crippen molar-refractivity contribution in [1.29, 1.82) is 0 Å². The molecular formula is C18H24N2O3. The van der Waals surface area contributed by atoms with Crippen LogP contribution in [0.3, 0.4) is 0 Å². The third kappa shape index (κ3) is 4.68. The van der Waals surface area contributed by atoms with E-state index in [0.29, 0.717) is 25.3 Å². The summed E-state index contributed by atoms with van der Waals surface area (Å²) < 4.78 is 6.65. The number of ether oxygens (including phenoxy) is 1. The van der Waals surface area contributed by atoms with Gasteiger partial charge in [-0.2, -0.15) is 0 Å². The minimum atomic E-state index is -0.377. The second-order valence-electron chi connectivity index (χ2n) is 6.28. The Morgan fingerprint density at radius 3 is 2.57 bits per heavy atom. The lowest BCUT2D eigenvalue weighted by Gasteiger charge is -2.25. The van der Waals surface area contributed by atoms with Crippen LogP contribution in [-0.2, 0) is 17.8 Å². The van der Waals surface area contributed by atoms with Crippen LogP contribution in [0.1, 0.15) is 25.0 Å². The van der Waals surface area contributed by atoms with E-state index < -0.39 is 0 Å². The van der Waals surface area contributed by atoms with Gasteiger partial charge in [-0.05, 0) is 25.5 Å². The van der Waals surface area contributed by atoms with Crippen molar-refractivity contribution in [2.45, 2.75) is 32.5 Å². The minimum absolute atomic E-state index is 0.204. The van der Waals surface area contributed by atoms with Crippen LogP contribution in [0.2, 0.25) is 0 Å². The maximum atomic E-state index is 12.3. The molecule has 0 unspecified atom stereocenters. The summed E-state index contributed by atoms with van der Waals surface area (Å²) >= 11 is 0. The highest BCUT2D eigenvalue weighted by Gasteiger charge is 2.18. The van der Waals surface area contributed by atoms with Crippen molar-refractivity contribution < 1.29 is 9.84 Å². The monoisotopic (exact) mass is 316 g/mol. The number of benzene rings is 1. The van der Waals surface area contributed by atoms with Gasteiger partial charge >= 0.3 is 0 Å². The molecular weight excluding hydrogens is 292 g/mol. The lowest BCUT2D eigenvalue weighted by atomic mass is 10.1. The fourth-order valence-electron chi connectivity index (χ4n) is 2.39. The third-order valence-electron chi connectivity index (χ3n) is 3.68. The number of aromatic nitrogens is 1. The molecule has 2 aromatic rings. The second-order valence-corrected chi connectivity index (χ2v) is 6.28. The van der Waals surface area contributed by atoms with Crippen molar-refractivity contribution in [3.63, 3.8) is 0 Å². The molecule has 5 nitrogen and oxygen atoms in total. The molecule has 0 saturated heterocycles. The van der Waals surface area contributed by atoms with Gasteiger partial charge in [-0.1, -0.05) is 30.3 Å². The smallest absolute Gasteiger partial charge is 0.293 e. The summed E-state index contributed by atoms with van der Waals surface area (Å²) in [7, 11) is 1.64. The van der Waals surface area contributed by atoms with E-state index in [0.717, 1.165) is 5.56 Å². The molecule has 2 N–H and O–H groups in total. The molecule has 124 valence electrons. The molecule has 5 heteroatoms. The molecule has 0 atom stereocenters. The first-order chi connectivity index (χ1) is 10.9. The van der Waals surface area contributed by atoms with E-state index in [1.807, 2.05) is 44.2 Å². The lowest BCUT2D eigenvalue weighted by Crippen LogP contribution is -2.42. The highest BCUT2D eigenvalue weighted by atomic mass is 16.5. The quantitative estimate of drug-likeness (QED) is 0.821. The van der Waals surface area contributed by atoms with Crippen LogP contribution < -0.4 is 10.9 Å². The van der Waals surface area contributed by atoms with Crippen molar-refractivity contribution in [1.82, 2.24) is 9.88 Å². The Hall–Kier alpha value is -2.11. The predicted octanol–water partition coefficient (Wildman–Crippen LogP) is 2.12. The fourth-order valence-corrected chi connectivity index (χ4v) is 2.39. The van der Waals surface area contributed by atoms with Gasteiger partial charge in [-0.25, -0.2) is 0 Å². The van der Waals surface area contributed by atoms with Crippen molar-refractivity contribution in [3.8, 4) is 5.75 Å². The molecule has 0 aliphatic heterocycles. The van der Waals surface area contributed by atoms with E-state index >= 15 is 0 Å². The van der Waals surface area contributed by atoms with Crippen LogP contribution in [0.15, 0.2) is 47.4 Å². The van der Waals surface area contributed by atoms with Gasteiger partial charge in [0.1, 0.15) is 0 Å². The number of pyridine rings is 1. The third-order valence-corrected chi connectivity index (χ3v) is 3.68. The van der Waals surface area contributed by atoms with Gasteiger partial charge in [-0.3, -0.25) is 4.79 Å². The van der Waals surface area contributed by atoms with Gasteiger partial charge in [-0.15, -0.1) is 0 Å². The summed E-state index contributed by atoms with van der Waals surface area (Å²) in [6, 6.07) is 11.5. The Balaban J connectivity index is 2.13. The summed E-state index contributed by atoms with van der Waals surface area (Å²) in [5.74, 6) is -0.204. The first kappa shape index (κ1) is 17.2. The van der Waals surface area contributed by atoms with Crippen LogP contribution in [0, 0.1) is 0 Å². The van der Waals surface area contributed by atoms with Gasteiger partial charge < -0.3 is 19.7 Å². The maximum absolute atomic E-state index is 12.3. The molecule has 2 rings (SSSR count). The first-order valence-corrected chi connectivity index (χ1v) is 7.62. The van der Waals surface area contributed by atoms with E-state index in [9.17, 15) is 9.90 Å². The maximum Gasteiger partial charge on any atom is 0.293 e. The molecule has 1 aromatic heterocycles. The van der Waals surface area contributed by atoms with Gasteiger partial charge in [0.15, 0.2) is 5.75 Å². The zero-order valence-corrected chi connectivity index (χ0v) is 13.9. The van der Waals surface area contributed by atoms with Crippen molar-refractivity contribution in [2.24, 2.45) is 0 Å². The van der Waals surface area contributed by atoms with E-state index in [1.165, 1.54) is 4.57 Å². The summed E-state index contributed by atoms with van der Waals surface area (Å²) in [5, 5.41) is 13.5. The van der Waals surface area contributed by atoms with E-state index in [2.05, 4.69) is 5.32 Å². The molecule has 0 aliphatic rings. The lowest BCUT2D eigenvalue weighted by molar-refractivity contribution is 0.127. The Morgan fingerprint density at radius 2 is 1.91 bits per heavy atom. The van der Waals surface area contributed by atoms with Crippen LogP contribution >= 0.6 is 0 Å². The molecule has 0 saturated carbocycles. The Labute approximate surface area is 136 Å². The highest BCUT2D eigenvalue weighted by molar-refractivity contribution is 5.29.